The molecule has 3 rings (SSSR count). The van der Waals surface area contributed by atoms with Crippen LogP contribution < -0.4 is 9.64 Å². The van der Waals surface area contributed by atoms with Crippen LogP contribution in [0.1, 0.15) is 18.1 Å². The van der Waals surface area contributed by atoms with E-state index in [1.807, 2.05) is 4.90 Å². The van der Waals surface area contributed by atoms with Crippen LogP contribution in [-0.2, 0) is 10.9 Å². The van der Waals surface area contributed by atoms with E-state index in [1.165, 1.54) is 24.4 Å². The fourth-order valence-electron chi connectivity index (χ4n) is 2.97. The van der Waals surface area contributed by atoms with Crippen molar-refractivity contribution in [3.8, 4) is 11.5 Å². The van der Waals surface area contributed by atoms with E-state index < -0.39 is 11.7 Å². The lowest BCUT2D eigenvalue weighted by Crippen LogP contribution is -2.36. The average molecular weight is 429 g/mol. The van der Waals surface area contributed by atoms with Crippen LogP contribution in [0.5, 0.6) is 11.5 Å². The van der Waals surface area contributed by atoms with Gasteiger partial charge in [-0.15, -0.1) is 0 Å². The highest BCUT2D eigenvalue weighted by atomic mass is 35.5. The molecular weight excluding hydrogens is 409 g/mol. The summed E-state index contributed by atoms with van der Waals surface area (Å²) >= 11 is 6.05. The van der Waals surface area contributed by atoms with E-state index in [2.05, 4.69) is 4.99 Å². The Morgan fingerprint density at radius 1 is 1.24 bits per heavy atom. The van der Waals surface area contributed by atoms with E-state index in [0.29, 0.717) is 43.6 Å². The molecule has 9 heteroatoms. The Morgan fingerprint density at radius 2 is 1.97 bits per heavy atom. The minimum atomic E-state index is -4.49. The summed E-state index contributed by atoms with van der Waals surface area (Å²) in [5.74, 6) is -0.00112. The van der Waals surface area contributed by atoms with E-state index in [1.54, 1.807) is 6.92 Å². The second-order valence-electron chi connectivity index (χ2n) is 6.33. The number of halogens is 4. The molecule has 2 aromatic carbocycles. The molecule has 0 unspecified atom stereocenters. The molecule has 0 aromatic heterocycles. The van der Waals surface area contributed by atoms with Crippen LogP contribution in [0, 0.1) is 0 Å². The fraction of sp³-hybridized carbons (Fsp3) is 0.350. The topological polar surface area (TPSA) is 54.3 Å². The Balaban J connectivity index is 2.02. The van der Waals surface area contributed by atoms with E-state index in [4.69, 9.17) is 21.1 Å². The number of aromatic hydroxyl groups is 1. The summed E-state index contributed by atoms with van der Waals surface area (Å²) in [5.41, 5.74) is 0.140. The Kier molecular flexibility index (Phi) is 6.54. The van der Waals surface area contributed by atoms with Crippen molar-refractivity contribution in [1.29, 1.82) is 0 Å². The second-order valence-corrected chi connectivity index (χ2v) is 6.77. The molecule has 1 N–H and O–H groups in total. The van der Waals surface area contributed by atoms with Gasteiger partial charge in [0, 0.05) is 36.0 Å². The van der Waals surface area contributed by atoms with Crippen LogP contribution in [0.3, 0.4) is 0 Å². The molecular formula is C20H20ClF3N2O3. The maximum absolute atomic E-state index is 13.2. The minimum absolute atomic E-state index is 0.138. The molecule has 0 saturated carbocycles. The zero-order chi connectivity index (χ0) is 21.0. The van der Waals surface area contributed by atoms with Crippen molar-refractivity contribution in [2.75, 3.05) is 37.8 Å². The summed E-state index contributed by atoms with van der Waals surface area (Å²) in [7, 11) is 0. The molecule has 0 bridgehead atoms. The van der Waals surface area contributed by atoms with Gasteiger partial charge in [0.15, 0.2) is 11.5 Å². The maximum Gasteiger partial charge on any atom is 0.416 e. The first kappa shape index (κ1) is 21.3. The highest BCUT2D eigenvalue weighted by Crippen LogP contribution is 2.38. The lowest BCUT2D eigenvalue weighted by atomic mass is 10.1. The Labute approximate surface area is 171 Å². The fourth-order valence-corrected chi connectivity index (χ4v) is 3.19. The van der Waals surface area contributed by atoms with E-state index in [9.17, 15) is 18.3 Å². The molecule has 0 spiro atoms. The normalized spacial score (nSPS) is 15.1. The molecule has 1 saturated heterocycles. The molecule has 5 nitrogen and oxygen atoms in total. The third-order valence-corrected chi connectivity index (χ3v) is 4.58. The number of hydrogen-bond acceptors (Lipinski definition) is 5. The first-order chi connectivity index (χ1) is 13.8. The molecule has 0 amide bonds. The van der Waals surface area contributed by atoms with Crippen molar-refractivity contribution < 1.29 is 27.8 Å². The number of hydrogen-bond donors (Lipinski definition) is 1. The summed E-state index contributed by atoms with van der Waals surface area (Å²) in [6, 6.07) is 6.36. The molecule has 0 radical (unpaired) electrons. The molecule has 1 heterocycles. The molecule has 0 atom stereocenters. The van der Waals surface area contributed by atoms with Gasteiger partial charge in [-0.25, -0.2) is 0 Å². The number of rotatable bonds is 5. The van der Waals surface area contributed by atoms with Gasteiger partial charge in [0.1, 0.15) is 0 Å². The summed E-state index contributed by atoms with van der Waals surface area (Å²) < 4.78 is 50.2. The highest BCUT2D eigenvalue weighted by molar-refractivity contribution is 6.31. The predicted octanol–water partition coefficient (Wildman–Crippen LogP) is 5.05. The number of nitrogens with zero attached hydrogens (tertiary/aromatic N) is 2. The monoisotopic (exact) mass is 428 g/mol. The number of aliphatic imine (C=N–C) groups is 1. The Morgan fingerprint density at radius 3 is 2.62 bits per heavy atom. The smallest absolute Gasteiger partial charge is 0.416 e. The minimum Gasteiger partial charge on any atom is -0.504 e. The van der Waals surface area contributed by atoms with Gasteiger partial charge in [-0.2, -0.15) is 13.2 Å². The number of alkyl halides is 3. The number of phenolic OH excluding ortho intramolecular Hbond substituents is 1. The van der Waals surface area contributed by atoms with E-state index >= 15 is 0 Å². The zero-order valence-electron chi connectivity index (χ0n) is 15.7. The van der Waals surface area contributed by atoms with Crippen LogP contribution >= 0.6 is 11.6 Å². The SMILES string of the molecule is CCOc1cc(Cl)cc(C=Nc2cc(C(F)(F)F)ccc2N2CCOCC2)c1O. The van der Waals surface area contributed by atoms with E-state index in [0.717, 1.165) is 12.1 Å². The summed E-state index contributed by atoms with van der Waals surface area (Å²) in [4.78, 5) is 6.16. The van der Waals surface area contributed by atoms with Gasteiger partial charge in [0.05, 0.1) is 36.8 Å². The number of phenols is 1. The predicted molar refractivity (Wildman–Crippen MR) is 106 cm³/mol. The number of anilines is 1. The summed E-state index contributed by atoms with van der Waals surface area (Å²) in [5, 5.41) is 10.7. The molecule has 2 aromatic rings. The van der Waals surface area contributed by atoms with Crippen LogP contribution in [0.15, 0.2) is 35.3 Å². The summed E-state index contributed by atoms with van der Waals surface area (Å²) in [6.07, 6.45) is -3.21. The van der Waals surface area contributed by atoms with E-state index in [-0.39, 0.29) is 22.7 Å². The van der Waals surface area contributed by atoms with Crippen LogP contribution in [0.25, 0.3) is 0 Å². The average Bonchev–Trinajstić information content (AvgIpc) is 2.69. The number of ether oxygens (including phenoxy) is 2. The molecule has 1 fully saturated rings. The van der Waals surface area contributed by atoms with Gasteiger partial charge in [0.25, 0.3) is 0 Å². The first-order valence-corrected chi connectivity index (χ1v) is 9.40. The Hall–Kier alpha value is -2.45. The highest BCUT2D eigenvalue weighted by Gasteiger charge is 2.31. The van der Waals surface area contributed by atoms with Gasteiger partial charge in [-0.1, -0.05) is 11.6 Å². The molecule has 29 heavy (non-hydrogen) atoms. The Bertz CT molecular complexity index is 897. The molecule has 0 aliphatic carbocycles. The standard InChI is InChI=1S/C20H20ClF3N2O3/c1-2-29-18-11-15(21)9-13(19(18)27)12-25-16-10-14(20(22,23)24)3-4-17(16)26-5-7-28-8-6-26/h3-4,9-12,27H,2,5-8H2,1H3. The van der Waals surface area contributed by atoms with Crippen LogP contribution in [0.2, 0.25) is 5.02 Å². The van der Waals surface area contributed by atoms with Crippen molar-refractivity contribution in [1.82, 2.24) is 0 Å². The quantitative estimate of drug-likeness (QED) is 0.677. The lowest BCUT2D eigenvalue weighted by molar-refractivity contribution is -0.137. The third kappa shape index (κ3) is 5.13. The van der Waals surface area contributed by atoms with Gasteiger partial charge in [0.2, 0.25) is 0 Å². The third-order valence-electron chi connectivity index (χ3n) is 4.37. The van der Waals surface area contributed by atoms with Crippen molar-refractivity contribution in [3.05, 3.63) is 46.5 Å². The van der Waals surface area contributed by atoms with Gasteiger partial charge >= 0.3 is 6.18 Å². The van der Waals surface area contributed by atoms with Crippen molar-refractivity contribution in [2.24, 2.45) is 4.99 Å². The number of morpholine rings is 1. The first-order valence-electron chi connectivity index (χ1n) is 9.03. The molecule has 156 valence electrons. The van der Waals surface area contributed by atoms with Gasteiger partial charge in [-0.3, -0.25) is 4.99 Å². The molecule has 1 aliphatic heterocycles. The van der Waals surface area contributed by atoms with Crippen LogP contribution in [-0.4, -0.2) is 44.2 Å². The lowest BCUT2D eigenvalue weighted by Gasteiger charge is -2.30. The van der Waals surface area contributed by atoms with Crippen molar-refractivity contribution in [3.63, 3.8) is 0 Å². The molecule has 1 aliphatic rings. The van der Waals surface area contributed by atoms with Crippen molar-refractivity contribution in [2.45, 2.75) is 13.1 Å². The largest absolute Gasteiger partial charge is 0.504 e. The number of benzene rings is 2. The summed E-state index contributed by atoms with van der Waals surface area (Å²) in [6.45, 7) is 4.13. The van der Waals surface area contributed by atoms with Gasteiger partial charge < -0.3 is 19.5 Å². The van der Waals surface area contributed by atoms with Crippen LogP contribution in [0.4, 0.5) is 24.5 Å². The second kappa shape index (κ2) is 8.92. The van der Waals surface area contributed by atoms with Gasteiger partial charge in [-0.05, 0) is 31.2 Å². The van der Waals surface area contributed by atoms with Crippen molar-refractivity contribution >= 4 is 29.2 Å². The maximum atomic E-state index is 13.2. The zero-order valence-corrected chi connectivity index (χ0v) is 16.4.